The third-order valence-electron chi connectivity index (χ3n) is 1.02. The number of ether oxygens (including phenoxy) is 3. The Morgan fingerprint density at radius 3 is 2.29 bits per heavy atom. The minimum atomic E-state index is -1.34. The molecule has 0 fully saturated rings. The van der Waals surface area contributed by atoms with Crippen LogP contribution in [0, 0.1) is 0 Å². The van der Waals surface area contributed by atoms with Gasteiger partial charge in [0.05, 0.1) is 6.61 Å². The summed E-state index contributed by atoms with van der Waals surface area (Å²) in [4.78, 5) is 31.6. The van der Waals surface area contributed by atoms with Gasteiger partial charge in [-0.1, -0.05) is 6.92 Å². The molecule has 0 aliphatic heterocycles. The van der Waals surface area contributed by atoms with Gasteiger partial charge in [0, 0.05) is 6.92 Å². The molecule has 0 amide bonds. The van der Waals surface area contributed by atoms with E-state index in [1.54, 1.807) is 0 Å². The Bertz CT molecular complexity index is 222. The van der Waals surface area contributed by atoms with Crippen molar-refractivity contribution in [1.29, 1.82) is 0 Å². The van der Waals surface area contributed by atoms with Crippen molar-refractivity contribution < 1.29 is 28.6 Å². The standard InChI is InChI=1S/C8H12O6/c1-3-4-12-5-13-7(10)8(11)14-6(2)9/h3-5H2,1-2H3. The van der Waals surface area contributed by atoms with Crippen LogP contribution in [-0.2, 0) is 28.6 Å². The van der Waals surface area contributed by atoms with Crippen molar-refractivity contribution in [2.45, 2.75) is 20.3 Å². The van der Waals surface area contributed by atoms with Gasteiger partial charge in [-0.25, -0.2) is 9.59 Å². The Balaban J connectivity index is 3.63. The fourth-order valence-electron chi connectivity index (χ4n) is 0.530. The highest BCUT2D eigenvalue weighted by Gasteiger charge is 2.18. The molecule has 0 unspecified atom stereocenters. The van der Waals surface area contributed by atoms with E-state index in [-0.39, 0.29) is 6.79 Å². The van der Waals surface area contributed by atoms with Crippen LogP contribution in [0.15, 0.2) is 0 Å². The molecule has 0 aliphatic carbocycles. The summed E-state index contributed by atoms with van der Waals surface area (Å²) in [6.45, 7) is 3.00. The van der Waals surface area contributed by atoms with Gasteiger partial charge in [0.2, 0.25) is 0 Å². The molecule has 0 aliphatic rings. The second kappa shape index (κ2) is 7.02. The van der Waals surface area contributed by atoms with Gasteiger partial charge in [0.25, 0.3) is 0 Å². The van der Waals surface area contributed by atoms with Crippen molar-refractivity contribution in [2.75, 3.05) is 13.4 Å². The normalized spacial score (nSPS) is 9.29. The van der Waals surface area contributed by atoms with Crippen LogP contribution < -0.4 is 0 Å². The minimum absolute atomic E-state index is 0.320. The average molecular weight is 204 g/mol. The first-order chi connectivity index (χ1) is 6.57. The van der Waals surface area contributed by atoms with E-state index in [4.69, 9.17) is 4.74 Å². The predicted molar refractivity (Wildman–Crippen MR) is 44.0 cm³/mol. The van der Waals surface area contributed by atoms with Crippen molar-refractivity contribution in [3.05, 3.63) is 0 Å². The third kappa shape index (κ3) is 6.13. The second-order valence-electron chi connectivity index (χ2n) is 2.34. The molecule has 0 bridgehead atoms. The zero-order valence-corrected chi connectivity index (χ0v) is 8.07. The zero-order chi connectivity index (χ0) is 11.0. The quantitative estimate of drug-likeness (QED) is 0.211. The lowest BCUT2D eigenvalue weighted by Gasteiger charge is -2.03. The number of rotatable bonds is 4. The van der Waals surface area contributed by atoms with E-state index < -0.39 is 17.9 Å². The maximum Gasteiger partial charge on any atom is 0.425 e. The molecule has 0 aromatic carbocycles. The van der Waals surface area contributed by atoms with Crippen molar-refractivity contribution >= 4 is 17.9 Å². The van der Waals surface area contributed by atoms with Gasteiger partial charge in [-0.2, -0.15) is 0 Å². The molecule has 6 nitrogen and oxygen atoms in total. The molecule has 0 saturated carbocycles. The summed E-state index contributed by atoms with van der Waals surface area (Å²) in [6.07, 6.45) is 0.773. The van der Waals surface area contributed by atoms with Crippen LogP contribution >= 0.6 is 0 Å². The average Bonchev–Trinajstić information content (AvgIpc) is 2.11. The summed E-state index contributed by atoms with van der Waals surface area (Å²) >= 11 is 0. The van der Waals surface area contributed by atoms with Gasteiger partial charge >= 0.3 is 17.9 Å². The minimum Gasteiger partial charge on any atom is -0.430 e. The Hall–Kier alpha value is -1.43. The Morgan fingerprint density at radius 2 is 1.79 bits per heavy atom. The summed E-state index contributed by atoms with van der Waals surface area (Å²) in [5.74, 6) is -3.43. The monoisotopic (exact) mass is 204 g/mol. The van der Waals surface area contributed by atoms with Gasteiger partial charge in [-0.3, -0.25) is 4.79 Å². The molecule has 80 valence electrons. The maximum atomic E-state index is 10.7. The van der Waals surface area contributed by atoms with E-state index in [1.807, 2.05) is 6.92 Å². The summed E-state index contributed by atoms with van der Waals surface area (Å²) in [6, 6.07) is 0. The van der Waals surface area contributed by atoms with Crippen LogP contribution in [-0.4, -0.2) is 31.3 Å². The van der Waals surface area contributed by atoms with Crippen LogP contribution in [0.5, 0.6) is 0 Å². The summed E-state index contributed by atoms with van der Waals surface area (Å²) in [5, 5.41) is 0. The number of carbonyl (C=O) groups excluding carboxylic acids is 3. The topological polar surface area (TPSA) is 78.9 Å². The van der Waals surface area contributed by atoms with Crippen molar-refractivity contribution in [3.63, 3.8) is 0 Å². The third-order valence-corrected chi connectivity index (χ3v) is 1.02. The highest BCUT2D eigenvalue weighted by molar-refractivity contribution is 6.31. The molecule has 6 heteroatoms. The van der Waals surface area contributed by atoms with Crippen LogP contribution in [0.4, 0.5) is 0 Å². The lowest BCUT2D eigenvalue weighted by molar-refractivity contribution is -0.178. The van der Waals surface area contributed by atoms with Gasteiger partial charge in [-0.15, -0.1) is 0 Å². The Labute approximate surface area is 81.1 Å². The molecule has 0 radical (unpaired) electrons. The van der Waals surface area contributed by atoms with Gasteiger partial charge in [0.1, 0.15) is 0 Å². The molecule has 0 rings (SSSR count). The van der Waals surface area contributed by atoms with Crippen molar-refractivity contribution in [3.8, 4) is 0 Å². The first-order valence-corrected chi connectivity index (χ1v) is 4.05. The van der Waals surface area contributed by atoms with Gasteiger partial charge in [-0.05, 0) is 6.42 Å². The number of carbonyl (C=O) groups is 3. The fourth-order valence-corrected chi connectivity index (χ4v) is 0.530. The first-order valence-electron chi connectivity index (χ1n) is 4.05. The molecule has 0 heterocycles. The lowest BCUT2D eigenvalue weighted by Crippen LogP contribution is -2.23. The highest BCUT2D eigenvalue weighted by Crippen LogP contribution is 1.87. The number of hydrogen-bond acceptors (Lipinski definition) is 6. The lowest BCUT2D eigenvalue weighted by atomic mass is 10.5. The summed E-state index contributed by atoms with van der Waals surface area (Å²) < 4.78 is 13.1. The number of hydrogen-bond donors (Lipinski definition) is 0. The van der Waals surface area contributed by atoms with Crippen LogP contribution in [0.3, 0.4) is 0 Å². The van der Waals surface area contributed by atoms with E-state index in [9.17, 15) is 14.4 Å². The van der Waals surface area contributed by atoms with Crippen molar-refractivity contribution in [2.24, 2.45) is 0 Å². The molecule has 0 aromatic heterocycles. The summed E-state index contributed by atoms with van der Waals surface area (Å²) in [7, 11) is 0. The molecule has 0 saturated heterocycles. The molecular formula is C8H12O6. The number of esters is 3. The maximum absolute atomic E-state index is 10.7. The molecule has 0 aromatic rings. The predicted octanol–water partition coefficient (Wildman–Crippen LogP) is 0.00340. The van der Waals surface area contributed by atoms with Crippen LogP contribution in [0.2, 0.25) is 0 Å². The van der Waals surface area contributed by atoms with E-state index in [1.165, 1.54) is 0 Å². The van der Waals surface area contributed by atoms with Crippen LogP contribution in [0.25, 0.3) is 0 Å². The molecule has 14 heavy (non-hydrogen) atoms. The summed E-state index contributed by atoms with van der Waals surface area (Å²) in [5.41, 5.74) is 0. The molecule has 0 N–H and O–H groups in total. The largest absolute Gasteiger partial charge is 0.430 e. The van der Waals surface area contributed by atoms with Gasteiger partial charge in [0.15, 0.2) is 6.79 Å². The van der Waals surface area contributed by atoms with E-state index in [0.29, 0.717) is 6.61 Å². The van der Waals surface area contributed by atoms with E-state index in [0.717, 1.165) is 13.3 Å². The SMILES string of the molecule is CCCOCOC(=O)C(=O)OC(C)=O. The highest BCUT2D eigenvalue weighted by atomic mass is 16.7. The molecule has 0 atom stereocenters. The Kier molecular flexibility index (Phi) is 6.30. The van der Waals surface area contributed by atoms with E-state index in [2.05, 4.69) is 9.47 Å². The molecular weight excluding hydrogens is 192 g/mol. The van der Waals surface area contributed by atoms with E-state index >= 15 is 0 Å². The second-order valence-corrected chi connectivity index (χ2v) is 2.34. The zero-order valence-electron chi connectivity index (χ0n) is 8.07. The van der Waals surface area contributed by atoms with Gasteiger partial charge < -0.3 is 14.2 Å². The first kappa shape index (κ1) is 12.6. The smallest absolute Gasteiger partial charge is 0.425 e. The Morgan fingerprint density at radius 1 is 1.14 bits per heavy atom. The van der Waals surface area contributed by atoms with Crippen LogP contribution in [0.1, 0.15) is 20.3 Å². The van der Waals surface area contributed by atoms with Crippen molar-refractivity contribution in [1.82, 2.24) is 0 Å². The molecule has 0 spiro atoms. The fraction of sp³-hybridized carbons (Fsp3) is 0.625.